The molecule has 6 heteroatoms. The first kappa shape index (κ1) is 11.8. The molecule has 6 nitrogen and oxygen atoms in total. The predicted octanol–water partition coefficient (Wildman–Crippen LogP) is 0.681. The Hall–Kier alpha value is -1.69. The third-order valence-electron chi connectivity index (χ3n) is 3.04. The van der Waals surface area contributed by atoms with E-state index in [9.17, 15) is 4.79 Å². The fraction of sp³-hybridized carbons (Fsp3) is 0.545. The summed E-state index contributed by atoms with van der Waals surface area (Å²) < 4.78 is 0. The Balaban J connectivity index is 1.94. The van der Waals surface area contributed by atoms with E-state index < -0.39 is 5.97 Å². The lowest BCUT2D eigenvalue weighted by Crippen LogP contribution is -2.32. The number of likely N-dealkylation sites (N-methyl/N-ethyl adjacent to an activating group) is 1. The van der Waals surface area contributed by atoms with E-state index in [0.29, 0.717) is 12.0 Å². The van der Waals surface area contributed by atoms with Crippen molar-refractivity contribution in [2.24, 2.45) is 0 Å². The zero-order chi connectivity index (χ0) is 12.3. The van der Waals surface area contributed by atoms with Gasteiger partial charge < -0.3 is 15.3 Å². The maximum Gasteiger partial charge on any atom is 0.354 e. The molecular formula is C11H16N4O2. The fourth-order valence-corrected chi connectivity index (χ4v) is 2.01. The number of carboxylic acid groups (broad SMARTS) is 1. The highest BCUT2D eigenvalue weighted by molar-refractivity contribution is 5.85. The summed E-state index contributed by atoms with van der Waals surface area (Å²) >= 11 is 0. The first-order valence-electron chi connectivity index (χ1n) is 5.67. The van der Waals surface area contributed by atoms with Crippen LogP contribution < -0.4 is 5.32 Å². The summed E-state index contributed by atoms with van der Waals surface area (Å²) in [6, 6.07) is 1.86. The summed E-state index contributed by atoms with van der Waals surface area (Å²) in [5, 5.41) is 11.9. The van der Waals surface area contributed by atoms with Crippen molar-refractivity contribution in [1.29, 1.82) is 0 Å². The summed E-state index contributed by atoms with van der Waals surface area (Å²) in [4.78, 5) is 20.9. The zero-order valence-corrected chi connectivity index (χ0v) is 9.76. The number of aromatic nitrogens is 2. The van der Waals surface area contributed by atoms with Crippen LogP contribution in [0.15, 0.2) is 12.3 Å². The van der Waals surface area contributed by atoms with Crippen LogP contribution in [-0.4, -0.2) is 52.1 Å². The molecule has 0 radical (unpaired) electrons. The van der Waals surface area contributed by atoms with Crippen LogP contribution in [0.3, 0.4) is 0 Å². The average molecular weight is 236 g/mol. The highest BCUT2D eigenvalue weighted by Gasteiger charge is 2.20. The van der Waals surface area contributed by atoms with Gasteiger partial charge in [0.1, 0.15) is 0 Å². The first-order valence-corrected chi connectivity index (χ1v) is 5.67. The number of rotatable bonds is 4. The fourth-order valence-electron chi connectivity index (χ4n) is 2.01. The summed E-state index contributed by atoms with van der Waals surface area (Å²) in [7, 11) is 2.09. The molecule has 1 aliphatic rings. The van der Waals surface area contributed by atoms with Crippen LogP contribution in [0.25, 0.3) is 0 Å². The molecule has 1 saturated heterocycles. The summed E-state index contributed by atoms with van der Waals surface area (Å²) in [5.74, 6) is -0.654. The maximum atomic E-state index is 10.7. The van der Waals surface area contributed by atoms with E-state index in [4.69, 9.17) is 5.11 Å². The summed E-state index contributed by atoms with van der Waals surface area (Å²) in [6.45, 7) is 1.86. The van der Waals surface area contributed by atoms with Crippen molar-refractivity contribution in [3.63, 3.8) is 0 Å². The topological polar surface area (TPSA) is 78.4 Å². The Morgan fingerprint density at radius 2 is 2.53 bits per heavy atom. The van der Waals surface area contributed by atoms with Gasteiger partial charge in [-0.2, -0.15) is 0 Å². The molecule has 0 aromatic carbocycles. The molecule has 92 valence electrons. The number of carboxylic acids is 1. The van der Waals surface area contributed by atoms with Crippen molar-refractivity contribution in [2.45, 2.75) is 18.9 Å². The molecule has 1 aliphatic heterocycles. The van der Waals surface area contributed by atoms with Gasteiger partial charge in [0.25, 0.3) is 0 Å². The van der Waals surface area contributed by atoms with Crippen molar-refractivity contribution >= 4 is 11.9 Å². The Morgan fingerprint density at radius 3 is 3.18 bits per heavy atom. The molecule has 2 N–H and O–H groups in total. The summed E-state index contributed by atoms with van der Waals surface area (Å²) in [6.07, 6.45) is 3.82. The lowest BCUT2D eigenvalue weighted by Gasteiger charge is -2.19. The Bertz CT molecular complexity index is 410. The number of carbonyl (C=O) groups is 1. The molecule has 1 unspecified atom stereocenters. The minimum Gasteiger partial charge on any atom is -0.477 e. The Labute approximate surface area is 99.7 Å². The first-order chi connectivity index (χ1) is 8.16. The molecule has 1 fully saturated rings. The number of anilines is 1. The van der Waals surface area contributed by atoms with Gasteiger partial charge in [-0.3, -0.25) is 0 Å². The second-order valence-corrected chi connectivity index (χ2v) is 4.23. The van der Waals surface area contributed by atoms with Gasteiger partial charge in [-0.15, -0.1) is 0 Å². The molecule has 1 aromatic rings. The van der Waals surface area contributed by atoms with E-state index in [2.05, 4.69) is 27.2 Å². The number of nitrogens with one attached hydrogen (secondary N) is 1. The van der Waals surface area contributed by atoms with Gasteiger partial charge in [0.2, 0.25) is 5.95 Å². The quantitative estimate of drug-likeness (QED) is 0.800. The molecular weight excluding hydrogens is 220 g/mol. The molecule has 0 saturated carbocycles. The molecule has 0 bridgehead atoms. The van der Waals surface area contributed by atoms with E-state index in [1.807, 2.05) is 0 Å². The normalized spacial score (nSPS) is 20.4. The largest absolute Gasteiger partial charge is 0.477 e. The lowest BCUT2D eigenvalue weighted by molar-refractivity contribution is 0.0690. The smallest absolute Gasteiger partial charge is 0.354 e. The molecule has 2 heterocycles. The number of hydrogen-bond donors (Lipinski definition) is 2. The number of nitrogens with zero attached hydrogens (tertiary/aromatic N) is 3. The number of likely N-dealkylation sites (tertiary alicyclic amines) is 1. The van der Waals surface area contributed by atoms with E-state index in [-0.39, 0.29) is 5.69 Å². The Morgan fingerprint density at radius 1 is 1.71 bits per heavy atom. The minimum absolute atomic E-state index is 0.0160. The van der Waals surface area contributed by atoms with Crippen LogP contribution in [0.4, 0.5) is 5.95 Å². The van der Waals surface area contributed by atoms with Crippen molar-refractivity contribution in [1.82, 2.24) is 14.9 Å². The second-order valence-electron chi connectivity index (χ2n) is 4.23. The van der Waals surface area contributed by atoms with Gasteiger partial charge in [0, 0.05) is 18.8 Å². The third kappa shape index (κ3) is 2.91. The van der Waals surface area contributed by atoms with Gasteiger partial charge in [0.15, 0.2) is 5.69 Å². The predicted molar refractivity (Wildman–Crippen MR) is 63.1 cm³/mol. The SMILES string of the molecule is CN1CCCC1CNc1nccc(C(=O)O)n1. The van der Waals surface area contributed by atoms with Crippen molar-refractivity contribution < 1.29 is 9.90 Å². The van der Waals surface area contributed by atoms with Crippen LogP contribution in [0.2, 0.25) is 0 Å². The standard InChI is InChI=1S/C11H16N4O2/c1-15-6-2-3-8(15)7-13-11-12-5-4-9(14-11)10(16)17/h4-5,8H,2-3,6-7H2,1H3,(H,16,17)(H,12,13,14). The van der Waals surface area contributed by atoms with E-state index in [1.165, 1.54) is 18.7 Å². The second kappa shape index (κ2) is 5.09. The van der Waals surface area contributed by atoms with Crippen molar-refractivity contribution in [2.75, 3.05) is 25.5 Å². The molecule has 0 aliphatic carbocycles. The molecule has 1 aromatic heterocycles. The van der Waals surface area contributed by atoms with Gasteiger partial charge in [-0.25, -0.2) is 14.8 Å². The van der Waals surface area contributed by atoms with E-state index in [0.717, 1.165) is 19.5 Å². The Kier molecular flexibility index (Phi) is 3.53. The van der Waals surface area contributed by atoms with Crippen molar-refractivity contribution in [3.8, 4) is 0 Å². The molecule has 0 spiro atoms. The number of hydrogen-bond acceptors (Lipinski definition) is 5. The van der Waals surface area contributed by atoms with E-state index >= 15 is 0 Å². The monoisotopic (exact) mass is 236 g/mol. The third-order valence-corrected chi connectivity index (χ3v) is 3.04. The molecule has 0 amide bonds. The van der Waals surface area contributed by atoms with Crippen molar-refractivity contribution in [3.05, 3.63) is 18.0 Å². The van der Waals surface area contributed by atoms with Gasteiger partial charge in [-0.05, 0) is 32.5 Å². The van der Waals surface area contributed by atoms with E-state index in [1.54, 1.807) is 0 Å². The van der Waals surface area contributed by atoms with Crippen LogP contribution in [0.5, 0.6) is 0 Å². The van der Waals surface area contributed by atoms with Gasteiger partial charge in [0.05, 0.1) is 0 Å². The van der Waals surface area contributed by atoms with Crippen LogP contribution in [0.1, 0.15) is 23.3 Å². The van der Waals surface area contributed by atoms with Crippen LogP contribution in [-0.2, 0) is 0 Å². The number of aromatic carboxylic acids is 1. The summed E-state index contributed by atoms with van der Waals surface area (Å²) in [5.41, 5.74) is 0.0160. The molecule has 2 rings (SSSR count). The van der Waals surface area contributed by atoms with Gasteiger partial charge >= 0.3 is 5.97 Å². The minimum atomic E-state index is -1.03. The molecule has 17 heavy (non-hydrogen) atoms. The lowest BCUT2D eigenvalue weighted by atomic mass is 10.2. The van der Waals surface area contributed by atoms with Gasteiger partial charge in [-0.1, -0.05) is 0 Å². The molecule has 1 atom stereocenters. The zero-order valence-electron chi connectivity index (χ0n) is 9.76. The van der Waals surface area contributed by atoms with Crippen LogP contribution in [0, 0.1) is 0 Å². The maximum absolute atomic E-state index is 10.7. The van der Waals surface area contributed by atoms with Crippen LogP contribution >= 0.6 is 0 Å². The average Bonchev–Trinajstić information content (AvgIpc) is 2.72. The highest BCUT2D eigenvalue weighted by Crippen LogP contribution is 2.14. The highest BCUT2D eigenvalue weighted by atomic mass is 16.4.